The van der Waals surface area contributed by atoms with Crippen molar-refractivity contribution in [2.45, 2.75) is 38.4 Å². The lowest BCUT2D eigenvalue weighted by atomic mass is 10.1. The normalized spacial score (nSPS) is 10.8. The zero-order chi connectivity index (χ0) is 13.5. The van der Waals surface area contributed by atoms with Crippen LogP contribution in [0.5, 0.6) is 0 Å². The molecule has 1 rings (SSSR count). The number of rotatable bonds is 7. The van der Waals surface area contributed by atoms with Gasteiger partial charge in [-0.05, 0) is 18.8 Å². The summed E-state index contributed by atoms with van der Waals surface area (Å²) in [5.41, 5.74) is -0.331. The molecule has 0 bridgehead atoms. The molecule has 0 radical (unpaired) electrons. The molecule has 1 aromatic rings. The molecule has 0 spiro atoms. The number of thioether (sulfide) groups is 1. The summed E-state index contributed by atoms with van der Waals surface area (Å²) in [6.07, 6.45) is 3.76. The summed E-state index contributed by atoms with van der Waals surface area (Å²) in [4.78, 5) is 25.6. The lowest BCUT2D eigenvalue weighted by Crippen LogP contribution is -2.14. The maximum atomic E-state index is 11.2. The van der Waals surface area contributed by atoms with Crippen LogP contribution in [0.4, 0.5) is 0 Å². The molecule has 5 nitrogen and oxygen atoms in total. The summed E-state index contributed by atoms with van der Waals surface area (Å²) in [5, 5.41) is 9.13. The van der Waals surface area contributed by atoms with E-state index in [4.69, 9.17) is 5.11 Å². The molecule has 0 atom stereocenters. The summed E-state index contributed by atoms with van der Waals surface area (Å²) >= 11 is 1.08. The predicted molar refractivity (Wildman–Crippen MR) is 70.9 cm³/mol. The second-order valence-corrected chi connectivity index (χ2v) is 5.40. The van der Waals surface area contributed by atoms with E-state index in [9.17, 15) is 9.59 Å². The highest BCUT2D eigenvalue weighted by molar-refractivity contribution is 7.99. The summed E-state index contributed by atoms with van der Waals surface area (Å²) in [6.45, 7) is 5.07. The van der Waals surface area contributed by atoms with Gasteiger partial charge in [-0.3, -0.25) is 9.59 Å². The van der Waals surface area contributed by atoms with Gasteiger partial charge in [0.1, 0.15) is 0 Å². The van der Waals surface area contributed by atoms with Crippen LogP contribution in [0.3, 0.4) is 0 Å². The van der Waals surface area contributed by atoms with Crippen LogP contribution in [0.1, 0.15) is 26.7 Å². The summed E-state index contributed by atoms with van der Waals surface area (Å²) in [6, 6.07) is 1.40. The first-order chi connectivity index (χ1) is 8.49. The summed E-state index contributed by atoms with van der Waals surface area (Å²) in [5.74, 6) is -0.361. The van der Waals surface area contributed by atoms with E-state index in [1.165, 1.54) is 6.07 Å². The maximum Gasteiger partial charge on any atom is 0.313 e. The van der Waals surface area contributed by atoms with Gasteiger partial charge in [-0.1, -0.05) is 25.6 Å². The van der Waals surface area contributed by atoms with Gasteiger partial charge in [-0.25, -0.2) is 0 Å². The van der Waals surface area contributed by atoms with E-state index < -0.39 is 5.97 Å². The first-order valence-corrected chi connectivity index (χ1v) is 6.89. The molecule has 0 fully saturated rings. The van der Waals surface area contributed by atoms with Gasteiger partial charge in [0.05, 0.1) is 5.75 Å². The van der Waals surface area contributed by atoms with E-state index in [0.717, 1.165) is 31.1 Å². The van der Waals surface area contributed by atoms with E-state index >= 15 is 0 Å². The minimum absolute atomic E-state index is 0.0827. The lowest BCUT2D eigenvalue weighted by molar-refractivity contribution is -0.133. The third kappa shape index (κ3) is 5.35. The number of hydrogen-bond acceptors (Lipinski definition) is 4. The molecular weight excluding hydrogens is 252 g/mol. The highest BCUT2D eigenvalue weighted by Crippen LogP contribution is 2.15. The van der Waals surface area contributed by atoms with Crippen LogP contribution in [0.2, 0.25) is 0 Å². The molecule has 0 saturated heterocycles. The van der Waals surface area contributed by atoms with Gasteiger partial charge in [-0.15, -0.1) is 0 Å². The quantitative estimate of drug-likeness (QED) is 0.605. The van der Waals surface area contributed by atoms with Gasteiger partial charge >= 0.3 is 5.97 Å². The summed E-state index contributed by atoms with van der Waals surface area (Å²) < 4.78 is 1.84. The number of aryl methyl sites for hydroxylation is 1. The molecule has 0 unspecified atom stereocenters. The average molecular weight is 270 g/mol. The number of aromatic nitrogens is 2. The largest absolute Gasteiger partial charge is 0.481 e. The minimum atomic E-state index is -0.910. The van der Waals surface area contributed by atoms with Crippen LogP contribution < -0.4 is 5.56 Å². The van der Waals surface area contributed by atoms with Crippen LogP contribution in [0.15, 0.2) is 22.2 Å². The van der Waals surface area contributed by atoms with E-state index in [0.29, 0.717) is 11.1 Å². The fraction of sp³-hybridized carbons (Fsp3) is 0.583. The zero-order valence-electron chi connectivity index (χ0n) is 10.6. The monoisotopic (exact) mass is 270 g/mol. The predicted octanol–water partition coefficient (Wildman–Crippen LogP) is 1.86. The van der Waals surface area contributed by atoms with Crippen molar-refractivity contribution in [1.82, 2.24) is 9.55 Å². The van der Waals surface area contributed by atoms with Gasteiger partial charge < -0.3 is 9.67 Å². The molecule has 0 aliphatic carbocycles. The molecular formula is C12H18N2O3S. The number of carboxylic acid groups (broad SMARTS) is 1. The smallest absolute Gasteiger partial charge is 0.313 e. The van der Waals surface area contributed by atoms with Crippen LogP contribution in [0, 0.1) is 5.92 Å². The lowest BCUT2D eigenvalue weighted by Gasteiger charge is -2.11. The van der Waals surface area contributed by atoms with Crippen molar-refractivity contribution in [1.29, 1.82) is 0 Å². The molecule has 0 aromatic carbocycles. The first-order valence-electron chi connectivity index (χ1n) is 5.91. The Kier molecular flexibility index (Phi) is 5.91. The third-order valence-electron chi connectivity index (χ3n) is 2.35. The SMILES string of the molecule is CC(C)CCCn1ccc(=O)nc1SCC(=O)O. The van der Waals surface area contributed by atoms with Crippen molar-refractivity contribution in [3.8, 4) is 0 Å². The third-order valence-corrected chi connectivity index (χ3v) is 3.33. The van der Waals surface area contributed by atoms with Gasteiger partial charge in [-0.2, -0.15) is 4.98 Å². The van der Waals surface area contributed by atoms with Crippen molar-refractivity contribution >= 4 is 17.7 Å². The van der Waals surface area contributed by atoms with Crippen molar-refractivity contribution in [2.24, 2.45) is 5.92 Å². The fourth-order valence-electron chi connectivity index (χ4n) is 1.49. The zero-order valence-corrected chi connectivity index (χ0v) is 11.4. The van der Waals surface area contributed by atoms with Crippen molar-refractivity contribution in [2.75, 3.05) is 5.75 Å². The Balaban J connectivity index is 2.69. The number of aliphatic carboxylic acids is 1. The highest BCUT2D eigenvalue weighted by atomic mass is 32.2. The number of hydrogen-bond donors (Lipinski definition) is 1. The molecule has 6 heteroatoms. The van der Waals surface area contributed by atoms with Crippen molar-refractivity contribution in [3.05, 3.63) is 22.6 Å². The van der Waals surface area contributed by atoms with Crippen LogP contribution in [0.25, 0.3) is 0 Å². The van der Waals surface area contributed by atoms with E-state index in [2.05, 4.69) is 18.8 Å². The Labute approximate surface area is 110 Å². The number of carboxylic acids is 1. The van der Waals surface area contributed by atoms with Gasteiger partial charge in [0.25, 0.3) is 5.56 Å². The van der Waals surface area contributed by atoms with E-state index in [1.807, 2.05) is 4.57 Å². The molecule has 0 aliphatic heterocycles. The van der Waals surface area contributed by atoms with Crippen LogP contribution >= 0.6 is 11.8 Å². The Morgan fingerprint density at radius 2 is 2.28 bits per heavy atom. The van der Waals surface area contributed by atoms with Gasteiger partial charge in [0.15, 0.2) is 5.16 Å². The van der Waals surface area contributed by atoms with Crippen molar-refractivity contribution in [3.63, 3.8) is 0 Å². The van der Waals surface area contributed by atoms with Crippen LogP contribution in [-0.2, 0) is 11.3 Å². The Morgan fingerprint density at radius 1 is 1.56 bits per heavy atom. The Morgan fingerprint density at radius 3 is 2.89 bits per heavy atom. The average Bonchev–Trinajstić information content (AvgIpc) is 2.28. The van der Waals surface area contributed by atoms with E-state index in [-0.39, 0.29) is 11.3 Å². The van der Waals surface area contributed by atoms with Gasteiger partial charge in [0.2, 0.25) is 0 Å². The standard InChI is InChI=1S/C12H18N2O3S/c1-9(2)4-3-6-14-7-5-10(15)13-12(14)18-8-11(16)17/h5,7,9H,3-4,6,8H2,1-2H3,(H,16,17). The van der Waals surface area contributed by atoms with Crippen LogP contribution in [-0.4, -0.2) is 26.4 Å². The number of nitrogens with zero attached hydrogens (tertiary/aromatic N) is 2. The number of carbonyl (C=O) groups is 1. The molecule has 0 saturated carbocycles. The Bertz CT molecular complexity index is 457. The fourth-order valence-corrected chi connectivity index (χ4v) is 2.22. The molecule has 1 aromatic heterocycles. The molecule has 100 valence electrons. The molecule has 1 N–H and O–H groups in total. The second kappa shape index (κ2) is 7.20. The Hall–Kier alpha value is -1.30. The molecule has 0 aliphatic rings. The maximum absolute atomic E-state index is 11.2. The second-order valence-electron chi connectivity index (χ2n) is 4.46. The summed E-state index contributed by atoms with van der Waals surface area (Å²) in [7, 11) is 0. The molecule has 1 heterocycles. The van der Waals surface area contributed by atoms with Crippen molar-refractivity contribution < 1.29 is 9.90 Å². The van der Waals surface area contributed by atoms with E-state index in [1.54, 1.807) is 6.20 Å². The highest BCUT2D eigenvalue weighted by Gasteiger charge is 2.07. The topological polar surface area (TPSA) is 72.2 Å². The van der Waals surface area contributed by atoms with Gasteiger partial charge in [0, 0.05) is 18.8 Å². The molecule has 18 heavy (non-hydrogen) atoms. The minimum Gasteiger partial charge on any atom is -0.481 e. The molecule has 0 amide bonds. The first kappa shape index (κ1) is 14.8.